The molecule has 17 heavy (non-hydrogen) atoms. The van der Waals surface area contributed by atoms with Gasteiger partial charge < -0.3 is 9.47 Å². The third-order valence-electron chi connectivity index (χ3n) is 2.29. The van der Waals surface area contributed by atoms with E-state index in [0.29, 0.717) is 18.8 Å². The predicted molar refractivity (Wildman–Crippen MR) is 67.4 cm³/mol. The highest BCUT2D eigenvalue weighted by Crippen LogP contribution is 2.13. The highest BCUT2D eigenvalue weighted by molar-refractivity contribution is 5.89. The summed E-state index contributed by atoms with van der Waals surface area (Å²) in [6, 6.07) is 7.07. The monoisotopic (exact) mass is 236 g/mol. The normalized spacial score (nSPS) is 10.0. The molecule has 0 radical (unpaired) electrons. The molecule has 0 saturated heterocycles. The number of hydrogen-bond acceptors (Lipinski definition) is 3. The number of unbranched alkanes of at least 4 members (excludes halogenated alkanes) is 1. The van der Waals surface area contributed by atoms with Gasteiger partial charge in [-0.25, -0.2) is 4.79 Å². The van der Waals surface area contributed by atoms with Crippen LogP contribution < -0.4 is 4.74 Å². The molecule has 0 aromatic heterocycles. The highest BCUT2D eigenvalue weighted by atomic mass is 16.5. The number of carbonyl (C=O) groups is 1. The molecule has 1 rings (SSSR count). The van der Waals surface area contributed by atoms with E-state index in [1.165, 1.54) is 0 Å². The molecule has 0 N–H and O–H groups in total. The second-order valence-electron chi connectivity index (χ2n) is 3.86. The van der Waals surface area contributed by atoms with E-state index in [0.717, 1.165) is 25.0 Å². The van der Waals surface area contributed by atoms with E-state index in [-0.39, 0.29) is 5.97 Å². The van der Waals surface area contributed by atoms with Gasteiger partial charge >= 0.3 is 5.97 Å². The van der Waals surface area contributed by atoms with Crippen LogP contribution in [0.3, 0.4) is 0 Å². The van der Waals surface area contributed by atoms with Crippen LogP contribution in [-0.2, 0) is 4.74 Å². The lowest BCUT2D eigenvalue weighted by atomic mass is 10.2. The molecule has 1 aromatic carbocycles. The number of ether oxygens (including phenoxy) is 2. The smallest absolute Gasteiger partial charge is 0.338 e. The minimum Gasteiger partial charge on any atom is -0.494 e. The van der Waals surface area contributed by atoms with Crippen molar-refractivity contribution in [3.05, 3.63) is 29.8 Å². The molecule has 0 aliphatic carbocycles. The molecule has 0 amide bonds. The van der Waals surface area contributed by atoms with Gasteiger partial charge in [0.15, 0.2) is 0 Å². The van der Waals surface area contributed by atoms with Crippen molar-refractivity contribution in [1.29, 1.82) is 0 Å². The molecule has 0 unspecified atom stereocenters. The Balaban J connectivity index is 2.46. The summed E-state index contributed by atoms with van der Waals surface area (Å²) in [5, 5.41) is 0. The molecular weight excluding hydrogens is 216 g/mol. The van der Waals surface area contributed by atoms with Crippen molar-refractivity contribution in [1.82, 2.24) is 0 Å². The molecule has 0 bridgehead atoms. The van der Waals surface area contributed by atoms with Crippen LogP contribution in [0.25, 0.3) is 0 Å². The molecule has 3 heteroatoms. The number of carbonyl (C=O) groups excluding carboxylic acids is 1. The Morgan fingerprint density at radius 3 is 2.35 bits per heavy atom. The average Bonchev–Trinajstić information content (AvgIpc) is 2.37. The zero-order valence-electron chi connectivity index (χ0n) is 10.6. The van der Waals surface area contributed by atoms with Crippen LogP contribution in [0.1, 0.15) is 43.5 Å². The molecule has 0 aliphatic rings. The Labute approximate surface area is 103 Å². The van der Waals surface area contributed by atoms with E-state index in [1.807, 2.05) is 0 Å². The van der Waals surface area contributed by atoms with E-state index in [4.69, 9.17) is 9.47 Å². The topological polar surface area (TPSA) is 35.5 Å². The molecule has 94 valence electrons. The predicted octanol–water partition coefficient (Wildman–Crippen LogP) is 3.43. The fourth-order valence-corrected chi connectivity index (χ4v) is 1.30. The van der Waals surface area contributed by atoms with Crippen LogP contribution in [-0.4, -0.2) is 19.2 Å². The molecule has 0 fully saturated rings. The van der Waals surface area contributed by atoms with Gasteiger partial charge in [0.05, 0.1) is 18.8 Å². The first-order chi connectivity index (χ1) is 8.27. The van der Waals surface area contributed by atoms with Gasteiger partial charge in [0.25, 0.3) is 0 Å². The summed E-state index contributed by atoms with van der Waals surface area (Å²) in [6.07, 6.45) is 2.90. The zero-order chi connectivity index (χ0) is 12.5. The fraction of sp³-hybridized carbons (Fsp3) is 0.500. The third-order valence-corrected chi connectivity index (χ3v) is 2.29. The number of benzene rings is 1. The van der Waals surface area contributed by atoms with Crippen molar-refractivity contribution < 1.29 is 14.3 Å². The van der Waals surface area contributed by atoms with Gasteiger partial charge in [0.2, 0.25) is 0 Å². The van der Waals surface area contributed by atoms with Gasteiger partial charge in [0, 0.05) is 0 Å². The summed E-state index contributed by atoms with van der Waals surface area (Å²) in [5.74, 6) is 0.525. The summed E-state index contributed by atoms with van der Waals surface area (Å²) in [6.45, 7) is 5.30. The molecule has 3 nitrogen and oxygen atoms in total. The van der Waals surface area contributed by atoms with Gasteiger partial charge in [-0.05, 0) is 37.1 Å². The first kappa shape index (κ1) is 13.6. The van der Waals surface area contributed by atoms with Crippen LogP contribution in [0.2, 0.25) is 0 Å². The minimum absolute atomic E-state index is 0.263. The van der Waals surface area contributed by atoms with Gasteiger partial charge in [0.1, 0.15) is 5.75 Å². The standard InChI is InChI=1S/C14H20O3/c1-3-5-11-17-14(15)12-6-8-13(9-7-12)16-10-4-2/h6-9H,3-5,10-11H2,1-2H3. The molecular formula is C14H20O3. The van der Waals surface area contributed by atoms with Crippen LogP contribution in [0.5, 0.6) is 5.75 Å². The van der Waals surface area contributed by atoms with E-state index >= 15 is 0 Å². The van der Waals surface area contributed by atoms with Gasteiger partial charge in [-0.15, -0.1) is 0 Å². The van der Waals surface area contributed by atoms with Crippen LogP contribution >= 0.6 is 0 Å². The summed E-state index contributed by atoms with van der Waals surface area (Å²) < 4.78 is 10.5. The highest BCUT2D eigenvalue weighted by Gasteiger charge is 2.06. The quantitative estimate of drug-likeness (QED) is 0.537. The van der Waals surface area contributed by atoms with Crippen LogP contribution in [0.15, 0.2) is 24.3 Å². The molecule has 0 spiro atoms. The summed E-state index contributed by atoms with van der Waals surface area (Å²) in [5.41, 5.74) is 0.574. The zero-order valence-corrected chi connectivity index (χ0v) is 10.6. The first-order valence-electron chi connectivity index (χ1n) is 6.18. The van der Waals surface area contributed by atoms with E-state index in [1.54, 1.807) is 24.3 Å². The molecule has 0 heterocycles. The lowest BCUT2D eigenvalue weighted by molar-refractivity contribution is 0.0499. The maximum atomic E-state index is 11.6. The minimum atomic E-state index is -0.263. The van der Waals surface area contributed by atoms with Gasteiger partial charge in [-0.2, -0.15) is 0 Å². The lowest BCUT2D eigenvalue weighted by Gasteiger charge is -2.06. The van der Waals surface area contributed by atoms with E-state index in [9.17, 15) is 4.79 Å². The first-order valence-corrected chi connectivity index (χ1v) is 6.18. The molecule has 1 aromatic rings. The van der Waals surface area contributed by atoms with Crippen LogP contribution in [0.4, 0.5) is 0 Å². The summed E-state index contributed by atoms with van der Waals surface area (Å²) >= 11 is 0. The number of rotatable bonds is 7. The van der Waals surface area contributed by atoms with Crippen molar-refractivity contribution in [2.75, 3.05) is 13.2 Å². The maximum Gasteiger partial charge on any atom is 0.338 e. The summed E-state index contributed by atoms with van der Waals surface area (Å²) in [4.78, 5) is 11.6. The third kappa shape index (κ3) is 4.89. The fourth-order valence-electron chi connectivity index (χ4n) is 1.30. The van der Waals surface area contributed by atoms with Gasteiger partial charge in [-0.3, -0.25) is 0 Å². The second kappa shape index (κ2) is 7.71. The van der Waals surface area contributed by atoms with Crippen molar-refractivity contribution in [3.63, 3.8) is 0 Å². The number of esters is 1. The molecule has 0 aliphatic heterocycles. The van der Waals surface area contributed by atoms with Crippen LogP contribution in [0, 0.1) is 0 Å². The van der Waals surface area contributed by atoms with Crippen molar-refractivity contribution in [2.45, 2.75) is 33.1 Å². The molecule has 0 saturated carbocycles. The van der Waals surface area contributed by atoms with E-state index < -0.39 is 0 Å². The van der Waals surface area contributed by atoms with E-state index in [2.05, 4.69) is 13.8 Å². The Morgan fingerprint density at radius 2 is 1.76 bits per heavy atom. The largest absolute Gasteiger partial charge is 0.494 e. The summed E-state index contributed by atoms with van der Waals surface area (Å²) in [7, 11) is 0. The Bertz CT molecular complexity index is 330. The second-order valence-corrected chi connectivity index (χ2v) is 3.86. The van der Waals surface area contributed by atoms with Crippen molar-refractivity contribution >= 4 is 5.97 Å². The molecule has 0 atom stereocenters. The lowest BCUT2D eigenvalue weighted by Crippen LogP contribution is -2.06. The van der Waals surface area contributed by atoms with Crippen molar-refractivity contribution in [2.24, 2.45) is 0 Å². The Morgan fingerprint density at radius 1 is 1.06 bits per heavy atom. The van der Waals surface area contributed by atoms with Crippen molar-refractivity contribution in [3.8, 4) is 5.75 Å². The SMILES string of the molecule is CCCCOC(=O)c1ccc(OCCC)cc1. The average molecular weight is 236 g/mol. The van der Waals surface area contributed by atoms with Gasteiger partial charge in [-0.1, -0.05) is 20.3 Å². The maximum absolute atomic E-state index is 11.6. The number of hydrogen-bond donors (Lipinski definition) is 0. The Hall–Kier alpha value is -1.51. The Kier molecular flexibility index (Phi) is 6.15.